The van der Waals surface area contributed by atoms with Gasteiger partial charge in [-0.1, -0.05) is 0 Å². The molecule has 0 aliphatic rings. The van der Waals surface area contributed by atoms with Gasteiger partial charge < -0.3 is 24.7 Å². The van der Waals surface area contributed by atoms with Crippen LogP contribution in [-0.2, 0) is 4.57 Å². The standard InChI is InChI=1S/C3H7NO2.H3O4P/c1-4(2)3(5)6;1-5(2,3)4/h1-2H3,(H,5,6);(H3,1,2,3,4). The van der Waals surface area contributed by atoms with Crippen LogP contribution in [0, 0.1) is 0 Å². The van der Waals surface area contributed by atoms with Crippen molar-refractivity contribution in [1.29, 1.82) is 0 Å². The van der Waals surface area contributed by atoms with E-state index in [1.807, 2.05) is 0 Å². The third-order valence-corrected chi connectivity index (χ3v) is 0.383. The van der Waals surface area contributed by atoms with Gasteiger partial charge in [0.25, 0.3) is 0 Å². The highest BCUT2D eigenvalue weighted by Crippen LogP contribution is 2.25. The maximum Gasteiger partial charge on any atom is 0.466 e. The van der Waals surface area contributed by atoms with Gasteiger partial charge in [0.15, 0.2) is 0 Å². The van der Waals surface area contributed by atoms with Crippen LogP contribution in [-0.4, -0.2) is 44.9 Å². The molecular weight excluding hydrogens is 177 g/mol. The second kappa shape index (κ2) is 5.09. The van der Waals surface area contributed by atoms with Crippen molar-refractivity contribution in [1.82, 2.24) is 4.90 Å². The number of hydrogen-bond acceptors (Lipinski definition) is 2. The molecule has 0 saturated carbocycles. The summed E-state index contributed by atoms with van der Waals surface area (Å²) < 4.78 is 8.88. The van der Waals surface area contributed by atoms with Gasteiger partial charge in [0.1, 0.15) is 0 Å². The molecule has 11 heavy (non-hydrogen) atoms. The highest BCUT2D eigenvalue weighted by Gasteiger charge is 2.00. The third-order valence-electron chi connectivity index (χ3n) is 0.383. The Morgan fingerprint density at radius 3 is 1.36 bits per heavy atom. The van der Waals surface area contributed by atoms with E-state index < -0.39 is 13.9 Å². The highest BCUT2D eigenvalue weighted by molar-refractivity contribution is 7.45. The molecule has 0 aromatic heterocycles. The maximum atomic E-state index is 9.62. The summed E-state index contributed by atoms with van der Waals surface area (Å²) >= 11 is 0. The molecule has 0 radical (unpaired) electrons. The number of nitrogens with zero attached hydrogens (tertiary/aromatic N) is 1. The van der Waals surface area contributed by atoms with Crippen LogP contribution in [0.15, 0.2) is 0 Å². The second-order valence-electron chi connectivity index (χ2n) is 1.69. The quantitative estimate of drug-likeness (QED) is 0.372. The summed E-state index contributed by atoms with van der Waals surface area (Å²) in [7, 11) is -1.69. The Hall–Kier alpha value is -0.620. The minimum Gasteiger partial charge on any atom is -0.465 e. The number of amides is 1. The van der Waals surface area contributed by atoms with Gasteiger partial charge >= 0.3 is 13.9 Å². The molecule has 7 nitrogen and oxygen atoms in total. The first-order chi connectivity index (χ1) is 4.64. The summed E-state index contributed by atoms with van der Waals surface area (Å²) in [5.41, 5.74) is 0. The Morgan fingerprint density at radius 1 is 1.27 bits per heavy atom. The van der Waals surface area contributed by atoms with Crippen molar-refractivity contribution >= 4 is 13.9 Å². The van der Waals surface area contributed by atoms with Crippen LogP contribution in [0.1, 0.15) is 0 Å². The molecule has 0 aliphatic heterocycles. The van der Waals surface area contributed by atoms with E-state index in [9.17, 15) is 4.79 Å². The fourth-order valence-electron chi connectivity index (χ4n) is 0. The zero-order valence-corrected chi connectivity index (χ0v) is 6.89. The second-order valence-corrected chi connectivity index (χ2v) is 2.72. The van der Waals surface area contributed by atoms with Crippen LogP contribution in [0.25, 0.3) is 0 Å². The third kappa shape index (κ3) is 44.7. The summed E-state index contributed by atoms with van der Waals surface area (Å²) in [6.07, 6.45) is -0.907. The van der Waals surface area contributed by atoms with Crippen molar-refractivity contribution < 1.29 is 29.1 Å². The average Bonchev–Trinajstić information content (AvgIpc) is 1.59. The van der Waals surface area contributed by atoms with E-state index in [1.165, 1.54) is 14.1 Å². The summed E-state index contributed by atoms with van der Waals surface area (Å²) in [5, 5.41) is 7.92. The molecule has 0 aromatic rings. The molecule has 0 aliphatic carbocycles. The molecule has 68 valence electrons. The van der Waals surface area contributed by atoms with Crippen molar-refractivity contribution in [3.05, 3.63) is 0 Å². The van der Waals surface area contributed by atoms with Gasteiger partial charge in [-0.25, -0.2) is 9.36 Å². The predicted octanol–water partition coefficient (Wildman–Crippen LogP) is -0.703. The topological polar surface area (TPSA) is 118 Å². The van der Waals surface area contributed by atoms with Gasteiger partial charge in [0.2, 0.25) is 0 Å². The molecule has 1 amide bonds. The van der Waals surface area contributed by atoms with Crippen molar-refractivity contribution in [3.8, 4) is 0 Å². The molecule has 4 N–H and O–H groups in total. The van der Waals surface area contributed by atoms with E-state index in [4.69, 9.17) is 24.4 Å². The lowest BCUT2D eigenvalue weighted by Gasteiger charge is -1.99. The molecule has 0 rings (SSSR count). The van der Waals surface area contributed by atoms with Crippen LogP contribution < -0.4 is 0 Å². The van der Waals surface area contributed by atoms with E-state index in [2.05, 4.69) is 0 Å². The molecule has 0 spiro atoms. The fourth-order valence-corrected chi connectivity index (χ4v) is 0. The molecule has 0 saturated heterocycles. The van der Waals surface area contributed by atoms with Crippen LogP contribution in [0.3, 0.4) is 0 Å². The van der Waals surface area contributed by atoms with Crippen LogP contribution in [0.4, 0.5) is 4.79 Å². The van der Waals surface area contributed by atoms with E-state index in [1.54, 1.807) is 0 Å². The summed E-state index contributed by atoms with van der Waals surface area (Å²) in [6, 6.07) is 0. The molecule has 0 heterocycles. The first-order valence-electron chi connectivity index (χ1n) is 2.33. The van der Waals surface area contributed by atoms with Crippen molar-refractivity contribution in [2.45, 2.75) is 0 Å². The number of rotatable bonds is 0. The summed E-state index contributed by atoms with van der Waals surface area (Å²) in [5.74, 6) is 0. The molecule has 0 bridgehead atoms. The van der Waals surface area contributed by atoms with E-state index in [-0.39, 0.29) is 0 Å². The van der Waals surface area contributed by atoms with E-state index in [0.29, 0.717) is 0 Å². The van der Waals surface area contributed by atoms with Gasteiger partial charge in [0.05, 0.1) is 0 Å². The smallest absolute Gasteiger partial charge is 0.465 e. The van der Waals surface area contributed by atoms with Gasteiger partial charge in [0, 0.05) is 14.1 Å². The number of carbonyl (C=O) groups is 1. The lowest BCUT2D eigenvalue weighted by atomic mass is 10.9. The van der Waals surface area contributed by atoms with Crippen molar-refractivity contribution in [2.24, 2.45) is 0 Å². The van der Waals surface area contributed by atoms with E-state index in [0.717, 1.165) is 4.90 Å². The number of carboxylic acid groups (broad SMARTS) is 1. The number of hydrogen-bond donors (Lipinski definition) is 4. The molecular formula is C3H10NO6P. The van der Waals surface area contributed by atoms with Crippen molar-refractivity contribution in [3.63, 3.8) is 0 Å². The van der Waals surface area contributed by atoms with Crippen molar-refractivity contribution in [2.75, 3.05) is 14.1 Å². The van der Waals surface area contributed by atoms with Gasteiger partial charge in [-0.05, 0) is 0 Å². The van der Waals surface area contributed by atoms with Gasteiger partial charge in [-0.15, -0.1) is 0 Å². The zero-order chi connectivity index (χ0) is 9.65. The summed E-state index contributed by atoms with van der Waals surface area (Å²) in [6.45, 7) is 0. The SMILES string of the molecule is CN(C)C(=O)O.O=P(O)(O)O. The van der Waals surface area contributed by atoms with Crippen LogP contribution in [0.2, 0.25) is 0 Å². The Morgan fingerprint density at radius 2 is 1.36 bits per heavy atom. The maximum absolute atomic E-state index is 9.62. The minimum absolute atomic E-state index is 0.907. The van der Waals surface area contributed by atoms with Gasteiger partial charge in [-0.3, -0.25) is 0 Å². The van der Waals surface area contributed by atoms with Gasteiger partial charge in [-0.2, -0.15) is 0 Å². The first-order valence-corrected chi connectivity index (χ1v) is 3.89. The Bertz CT molecular complexity index is 153. The predicted molar refractivity (Wildman–Crippen MR) is 36.0 cm³/mol. The average molecular weight is 187 g/mol. The largest absolute Gasteiger partial charge is 0.466 e. The summed E-state index contributed by atoms with van der Waals surface area (Å²) in [4.78, 5) is 32.3. The monoisotopic (exact) mass is 187 g/mol. The Kier molecular flexibility index (Phi) is 6.01. The highest BCUT2D eigenvalue weighted by atomic mass is 31.2. The minimum atomic E-state index is -4.64. The molecule has 0 fully saturated rings. The van der Waals surface area contributed by atoms with E-state index >= 15 is 0 Å². The molecule has 0 unspecified atom stereocenters. The lowest BCUT2D eigenvalue weighted by molar-refractivity contribution is 0.165. The number of phosphoric acid groups is 1. The normalized spacial score (nSPS) is 9.55. The molecule has 8 heteroatoms. The lowest BCUT2D eigenvalue weighted by Crippen LogP contribution is -2.18. The van der Waals surface area contributed by atoms with Crippen LogP contribution in [0.5, 0.6) is 0 Å². The first kappa shape index (κ1) is 13.0. The van der Waals surface area contributed by atoms with Crippen LogP contribution >= 0.6 is 7.82 Å². The Labute approximate surface area is 63.1 Å². The molecule has 0 atom stereocenters. The fraction of sp³-hybridized carbons (Fsp3) is 0.667. The zero-order valence-electron chi connectivity index (χ0n) is 6.00. The Balaban J connectivity index is 0. The molecule has 0 aromatic carbocycles.